The predicted molar refractivity (Wildman–Crippen MR) is 86.6 cm³/mol. The zero-order valence-electron chi connectivity index (χ0n) is 12.6. The lowest BCUT2D eigenvalue weighted by atomic mass is 10.3. The number of nitrogens with zero attached hydrogens (tertiary/aromatic N) is 3. The molecule has 3 aromatic rings. The van der Waals surface area contributed by atoms with E-state index in [4.69, 9.17) is 5.73 Å². The van der Waals surface area contributed by atoms with E-state index < -0.39 is 0 Å². The van der Waals surface area contributed by atoms with Crippen LogP contribution in [-0.4, -0.2) is 14.1 Å². The molecule has 5 nitrogen and oxygen atoms in total. The molecular weight excluding hydrogens is 295 g/mol. The van der Waals surface area contributed by atoms with Gasteiger partial charge in [0.25, 0.3) is 5.56 Å². The maximum absolute atomic E-state index is 13.5. The van der Waals surface area contributed by atoms with E-state index in [1.807, 2.05) is 0 Å². The molecule has 0 spiro atoms. The zero-order chi connectivity index (χ0) is 16.0. The van der Waals surface area contributed by atoms with Crippen LogP contribution in [0.25, 0.3) is 11.0 Å². The number of aromatic nitrogens is 3. The number of hydrogen-bond acceptors (Lipinski definition) is 3. The van der Waals surface area contributed by atoms with Crippen LogP contribution in [0.4, 0.5) is 10.1 Å². The minimum absolute atomic E-state index is 0.211. The van der Waals surface area contributed by atoms with E-state index in [0.717, 1.165) is 17.9 Å². The van der Waals surface area contributed by atoms with Gasteiger partial charge in [0, 0.05) is 18.8 Å². The molecule has 2 N–H and O–H groups in total. The van der Waals surface area contributed by atoms with Crippen LogP contribution in [0.3, 0.4) is 0 Å². The summed E-state index contributed by atoms with van der Waals surface area (Å²) in [6.07, 6.45) is 4.11. The van der Waals surface area contributed by atoms with Crippen molar-refractivity contribution < 1.29 is 4.39 Å². The highest BCUT2D eigenvalue weighted by molar-refractivity contribution is 5.76. The first-order valence-electron chi connectivity index (χ1n) is 7.71. The van der Waals surface area contributed by atoms with Gasteiger partial charge in [-0.25, -0.2) is 9.37 Å². The number of halogens is 1. The van der Waals surface area contributed by atoms with E-state index in [0.29, 0.717) is 18.0 Å². The number of fused-ring (bicyclic) bond motifs is 1. The van der Waals surface area contributed by atoms with E-state index >= 15 is 0 Å². The minimum Gasteiger partial charge on any atom is -0.394 e. The fourth-order valence-corrected chi connectivity index (χ4v) is 2.87. The van der Waals surface area contributed by atoms with Crippen LogP contribution in [0.15, 0.2) is 41.3 Å². The van der Waals surface area contributed by atoms with Gasteiger partial charge in [-0.2, -0.15) is 0 Å². The summed E-state index contributed by atoms with van der Waals surface area (Å²) in [6, 6.07) is 7.96. The van der Waals surface area contributed by atoms with Crippen LogP contribution in [0, 0.1) is 11.7 Å². The molecule has 2 heterocycles. The lowest BCUT2D eigenvalue weighted by molar-refractivity contribution is 0.587. The number of pyridine rings is 1. The largest absolute Gasteiger partial charge is 0.394 e. The molecule has 4 rings (SSSR count). The van der Waals surface area contributed by atoms with E-state index in [2.05, 4.69) is 9.55 Å². The van der Waals surface area contributed by atoms with Crippen molar-refractivity contribution in [1.82, 2.24) is 14.1 Å². The summed E-state index contributed by atoms with van der Waals surface area (Å²) >= 11 is 0. The molecule has 0 radical (unpaired) electrons. The van der Waals surface area contributed by atoms with Gasteiger partial charge in [-0.3, -0.25) is 4.79 Å². The van der Waals surface area contributed by atoms with Crippen molar-refractivity contribution in [3.8, 4) is 0 Å². The first-order chi connectivity index (χ1) is 11.1. The molecule has 2 aromatic heterocycles. The normalized spacial score (nSPS) is 14.5. The van der Waals surface area contributed by atoms with Gasteiger partial charge >= 0.3 is 0 Å². The molecule has 1 aliphatic carbocycles. The van der Waals surface area contributed by atoms with Crippen LogP contribution in [0.2, 0.25) is 0 Å². The monoisotopic (exact) mass is 312 g/mol. The number of rotatable bonds is 4. The Bertz CT molecular complexity index is 939. The van der Waals surface area contributed by atoms with Gasteiger partial charge in [0.1, 0.15) is 11.6 Å². The second kappa shape index (κ2) is 5.22. The third-order valence-corrected chi connectivity index (χ3v) is 4.29. The van der Waals surface area contributed by atoms with Crippen molar-refractivity contribution >= 4 is 16.7 Å². The maximum atomic E-state index is 13.5. The molecular formula is C17H17FN4O. The zero-order valence-corrected chi connectivity index (χ0v) is 12.6. The Labute approximate surface area is 132 Å². The molecule has 0 bridgehead atoms. The van der Waals surface area contributed by atoms with Crippen molar-refractivity contribution in [2.45, 2.75) is 25.9 Å². The second-order valence-electron chi connectivity index (χ2n) is 6.11. The number of nitrogens with two attached hydrogens (primary N) is 1. The molecule has 1 aliphatic rings. The van der Waals surface area contributed by atoms with E-state index in [9.17, 15) is 9.18 Å². The molecule has 0 aliphatic heterocycles. The smallest absolute Gasteiger partial charge is 0.274 e. The van der Waals surface area contributed by atoms with Gasteiger partial charge in [0.05, 0.1) is 23.3 Å². The number of anilines is 1. The van der Waals surface area contributed by atoms with Crippen LogP contribution in [-0.2, 0) is 13.1 Å². The van der Waals surface area contributed by atoms with Crippen molar-refractivity contribution in [1.29, 1.82) is 0 Å². The Morgan fingerprint density at radius 1 is 1.30 bits per heavy atom. The Kier molecular flexibility index (Phi) is 3.18. The quantitative estimate of drug-likeness (QED) is 0.804. The Balaban J connectivity index is 1.81. The lowest BCUT2D eigenvalue weighted by Gasteiger charge is -2.10. The van der Waals surface area contributed by atoms with Gasteiger partial charge in [-0.15, -0.1) is 0 Å². The number of imidazole rings is 1. The van der Waals surface area contributed by atoms with Crippen molar-refractivity contribution in [2.24, 2.45) is 5.92 Å². The first-order valence-corrected chi connectivity index (χ1v) is 7.71. The van der Waals surface area contributed by atoms with E-state index in [1.54, 1.807) is 24.4 Å². The van der Waals surface area contributed by atoms with Crippen LogP contribution in [0.5, 0.6) is 0 Å². The molecule has 1 fully saturated rings. The Morgan fingerprint density at radius 2 is 2.13 bits per heavy atom. The van der Waals surface area contributed by atoms with Crippen molar-refractivity contribution in [3.63, 3.8) is 0 Å². The average molecular weight is 312 g/mol. The molecule has 0 saturated heterocycles. The summed E-state index contributed by atoms with van der Waals surface area (Å²) in [5.41, 5.74) is 7.20. The van der Waals surface area contributed by atoms with Crippen molar-refractivity contribution in [2.75, 3.05) is 5.73 Å². The SMILES string of the molecule is Nc1cccn(Cc2nc3cc(F)ccc3n2CC2CC2)c1=O. The topological polar surface area (TPSA) is 65.8 Å². The number of nitrogen functional groups attached to an aromatic ring is 1. The highest BCUT2D eigenvalue weighted by Gasteiger charge is 2.24. The first kappa shape index (κ1) is 14.0. The molecule has 0 unspecified atom stereocenters. The lowest BCUT2D eigenvalue weighted by Crippen LogP contribution is -2.24. The molecule has 23 heavy (non-hydrogen) atoms. The number of hydrogen-bond donors (Lipinski definition) is 1. The van der Waals surface area contributed by atoms with Crippen molar-refractivity contribution in [3.05, 3.63) is 58.5 Å². The van der Waals surface area contributed by atoms with E-state index in [-0.39, 0.29) is 17.1 Å². The summed E-state index contributed by atoms with van der Waals surface area (Å²) in [5, 5.41) is 0. The fraction of sp³-hybridized carbons (Fsp3) is 0.294. The molecule has 6 heteroatoms. The third-order valence-electron chi connectivity index (χ3n) is 4.29. The Morgan fingerprint density at radius 3 is 2.91 bits per heavy atom. The Hall–Kier alpha value is -2.63. The summed E-state index contributed by atoms with van der Waals surface area (Å²) in [5.74, 6) is 1.10. The molecule has 0 atom stereocenters. The highest BCUT2D eigenvalue weighted by atomic mass is 19.1. The number of benzene rings is 1. The summed E-state index contributed by atoms with van der Waals surface area (Å²) in [6.45, 7) is 1.18. The molecule has 0 amide bonds. The third kappa shape index (κ3) is 2.60. The van der Waals surface area contributed by atoms with E-state index in [1.165, 1.54) is 29.5 Å². The standard InChI is InChI=1S/C17H17FN4O/c18-12-5-6-15-14(8-12)20-16(22(15)9-11-3-4-11)10-21-7-1-2-13(19)17(21)23/h1-2,5-8,11H,3-4,9-10,19H2. The minimum atomic E-state index is -0.304. The van der Waals surface area contributed by atoms with Crippen LogP contribution < -0.4 is 11.3 Å². The second-order valence-corrected chi connectivity index (χ2v) is 6.11. The van der Waals surface area contributed by atoms with Gasteiger partial charge in [-0.1, -0.05) is 0 Å². The van der Waals surface area contributed by atoms with Gasteiger partial charge in [-0.05, 0) is 43.0 Å². The molecule has 118 valence electrons. The van der Waals surface area contributed by atoms with Crippen LogP contribution in [0.1, 0.15) is 18.7 Å². The molecule has 1 saturated carbocycles. The molecule has 1 aromatic carbocycles. The summed E-state index contributed by atoms with van der Waals surface area (Å²) in [4.78, 5) is 16.7. The summed E-state index contributed by atoms with van der Waals surface area (Å²) < 4.78 is 17.1. The predicted octanol–water partition coefficient (Wildman–Crippen LogP) is 2.38. The fourth-order valence-electron chi connectivity index (χ4n) is 2.87. The average Bonchev–Trinajstić information content (AvgIpc) is 3.27. The van der Waals surface area contributed by atoms with Crippen LogP contribution >= 0.6 is 0 Å². The maximum Gasteiger partial charge on any atom is 0.274 e. The van der Waals surface area contributed by atoms with Gasteiger partial charge < -0.3 is 14.9 Å². The van der Waals surface area contributed by atoms with Gasteiger partial charge in [0.2, 0.25) is 0 Å². The highest BCUT2D eigenvalue weighted by Crippen LogP contribution is 2.32. The van der Waals surface area contributed by atoms with Gasteiger partial charge in [0.15, 0.2) is 0 Å². The summed E-state index contributed by atoms with van der Waals surface area (Å²) in [7, 11) is 0.